The molecule has 0 saturated heterocycles. The van der Waals surface area contributed by atoms with E-state index in [1.165, 1.54) is 0 Å². The van der Waals surface area contributed by atoms with Crippen LogP contribution in [0.25, 0.3) is 0 Å². The van der Waals surface area contributed by atoms with Gasteiger partial charge in [-0.1, -0.05) is 98.6 Å². The first-order valence-corrected chi connectivity index (χ1v) is 13.8. The summed E-state index contributed by atoms with van der Waals surface area (Å²) in [6, 6.07) is 21.7. The van der Waals surface area contributed by atoms with Gasteiger partial charge in [-0.15, -0.1) is 0 Å². The molecule has 0 radical (unpaired) electrons. The van der Waals surface area contributed by atoms with Crippen molar-refractivity contribution in [1.82, 2.24) is 10.2 Å². The number of rotatable bonds is 9. The van der Waals surface area contributed by atoms with Crippen LogP contribution in [0.1, 0.15) is 58.2 Å². The van der Waals surface area contributed by atoms with Crippen molar-refractivity contribution in [3.05, 3.63) is 99.5 Å². The molecule has 7 heteroatoms. The summed E-state index contributed by atoms with van der Waals surface area (Å²) in [7, 11) is 0. The average Bonchev–Trinajstić information content (AvgIpc) is 2.85. The van der Waals surface area contributed by atoms with E-state index in [0.717, 1.165) is 11.1 Å². The Bertz CT molecular complexity index is 1280. The van der Waals surface area contributed by atoms with Crippen molar-refractivity contribution < 1.29 is 14.3 Å². The lowest BCUT2D eigenvalue weighted by molar-refractivity contribution is -0.143. The molecule has 0 aliphatic carbocycles. The highest BCUT2D eigenvalue weighted by atomic mass is 35.5. The minimum atomic E-state index is -0.799. The van der Waals surface area contributed by atoms with Gasteiger partial charge < -0.3 is 15.0 Å². The van der Waals surface area contributed by atoms with Crippen molar-refractivity contribution in [2.75, 3.05) is 6.61 Å². The molecule has 39 heavy (non-hydrogen) atoms. The molecule has 0 spiro atoms. The van der Waals surface area contributed by atoms with Crippen LogP contribution in [0.5, 0.6) is 5.75 Å². The molecular weight excluding hydrogens is 531 g/mol. The number of carbonyl (C=O) groups is 2. The zero-order valence-electron chi connectivity index (χ0n) is 23.6. The molecular formula is C32H38Cl2N2O3. The third-order valence-corrected chi connectivity index (χ3v) is 6.76. The van der Waals surface area contributed by atoms with Crippen LogP contribution in [0.3, 0.4) is 0 Å². The van der Waals surface area contributed by atoms with Gasteiger partial charge in [0.05, 0.1) is 0 Å². The van der Waals surface area contributed by atoms with Crippen LogP contribution >= 0.6 is 23.2 Å². The van der Waals surface area contributed by atoms with Gasteiger partial charge >= 0.3 is 0 Å². The van der Waals surface area contributed by atoms with Crippen molar-refractivity contribution in [2.24, 2.45) is 0 Å². The SMILES string of the molecule is CC(C)(C)NC(=O)[C@H](Cc1ccccc1)N(Cc1ccc(Cl)cc1Cl)C(=O)COc1ccccc1C(C)(C)C. The third kappa shape index (κ3) is 9.01. The Morgan fingerprint density at radius 3 is 2.15 bits per heavy atom. The van der Waals surface area contributed by atoms with Gasteiger partial charge in [0.15, 0.2) is 6.61 Å². The number of para-hydroxylation sites is 1. The molecule has 0 heterocycles. The monoisotopic (exact) mass is 568 g/mol. The Hall–Kier alpha value is -3.02. The number of benzene rings is 3. The minimum absolute atomic E-state index is 0.119. The van der Waals surface area contributed by atoms with Crippen molar-refractivity contribution in [2.45, 2.75) is 71.5 Å². The quantitative estimate of drug-likeness (QED) is 0.296. The first kappa shape index (κ1) is 30.5. The second-order valence-electron chi connectivity index (χ2n) is 11.7. The molecule has 3 aromatic rings. The maximum atomic E-state index is 13.9. The lowest BCUT2D eigenvalue weighted by Gasteiger charge is -2.34. The highest BCUT2D eigenvalue weighted by Crippen LogP contribution is 2.31. The number of carbonyl (C=O) groups excluding carboxylic acids is 2. The van der Waals surface area contributed by atoms with E-state index in [1.807, 2.05) is 75.4 Å². The first-order chi connectivity index (χ1) is 18.2. The predicted molar refractivity (Wildman–Crippen MR) is 159 cm³/mol. The van der Waals surface area contributed by atoms with Crippen molar-refractivity contribution >= 4 is 35.0 Å². The fourth-order valence-corrected chi connectivity index (χ4v) is 4.74. The Balaban J connectivity index is 1.99. The van der Waals surface area contributed by atoms with Gasteiger partial charge in [-0.25, -0.2) is 0 Å². The third-order valence-electron chi connectivity index (χ3n) is 6.17. The summed E-state index contributed by atoms with van der Waals surface area (Å²) in [6.45, 7) is 11.9. The Morgan fingerprint density at radius 2 is 1.54 bits per heavy atom. The number of ether oxygens (including phenoxy) is 1. The molecule has 2 amide bonds. The molecule has 0 bridgehead atoms. The van der Waals surface area contributed by atoms with Gasteiger partial charge in [-0.05, 0) is 61.1 Å². The molecule has 0 aliphatic heterocycles. The van der Waals surface area contributed by atoms with Gasteiger partial charge in [0.1, 0.15) is 11.8 Å². The smallest absolute Gasteiger partial charge is 0.261 e. The number of hydrogen-bond donors (Lipinski definition) is 1. The number of nitrogens with one attached hydrogen (secondary N) is 1. The lowest BCUT2D eigenvalue weighted by Crippen LogP contribution is -2.55. The maximum absolute atomic E-state index is 13.9. The topological polar surface area (TPSA) is 58.6 Å². The summed E-state index contributed by atoms with van der Waals surface area (Å²) >= 11 is 12.6. The molecule has 0 unspecified atom stereocenters. The summed E-state index contributed by atoms with van der Waals surface area (Å²) in [6.07, 6.45) is 0.332. The molecule has 0 aliphatic rings. The average molecular weight is 570 g/mol. The largest absolute Gasteiger partial charge is 0.483 e. The van der Waals surface area contributed by atoms with E-state index in [4.69, 9.17) is 27.9 Å². The predicted octanol–water partition coefficient (Wildman–Crippen LogP) is 7.22. The number of halogens is 2. The van der Waals surface area contributed by atoms with Crippen LogP contribution in [0.4, 0.5) is 0 Å². The van der Waals surface area contributed by atoms with E-state index in [9.17, 15) is 9.59 Å². The highest BCUT2D eigenvalue weighted by Gasteiger charge is 2.33. The molecule has 0 fully saturated rings. The normalized spacial score (nSPS) is 12.5. The molecule has 0 saturated carbocycles. The zero-order chi connectivity index (χ0) is 28.8. The second kappa shape index (κ2) is 12.9. The van der Waals surface area contributed by atoms with Crippen LogP contribution in [-0.2, 0) is 28.0 Å². The van der Waals surface area contributed by atoms with Crippen LogP contribution < -0.4 is 10.1 Å². The van der Waals surface area contributed by atoms with Crippen LogP contribution in [0.15, 0.2) is 72.8 Å². The Labute approximate surface area is 242 Å². The van der Waals surface area contributed by atoms with E-state index < -0.39 is 11.6 Å². The minimum Gasteiger partial charge on any atom is -0.483 e. The summed E-state index contributed by atoms with van der Waals surface area (Å²) in [5.74, 6) is 0.0659. The van der Waals surface area contributed by atoms with Crippen molar-refractivity contribution in [3.8, 4) is 5.75 Å². The summed E-state index contributed by atoms with van der Waals surface area (Å²) in [5.41, 5.74) is 1.97. The Kier molecular flexibility index (Phi) is 10.1. The molecule has 3 aromatic carbocycles. The molecule has 0 aromatic heterocycles. The first-order valence-electron chi connectivity index (χ1n) is 13.1. The van der Waals surface area contributed by atoms with Crippen LogP contribution in [0, 0.1) is 0 Å². The van der Waals surface area contributed by atoms with E-state index in [2.05, 4.69) is 26.1 Å². The maximum Gasteiger partial charge on any atom is 0.261 e. The fraction of sp³-hybridized carbons (Fsp3) is 0.375. The van der Waals surface area contributed by atoms with E-state index >= 15 is 0 Å². The van der Waals surface area contributed by atoms with Crippen LogP contribution in [0.2, 0.25) is 10.0 Å². The van der Waals surface area contributed by atoms with Gasteiger partial charge in [0.2, 0.25) is 5.91 Å². The highest BCUT2D eigenvalue weighted by molar-refractivity contribution is 6.35. The Morgan fingerprint density at radius 1 is 0.897 bits per heavy atom. The summed E-state index contributed by atoms with van der Waals surface area (Å²) < 4.78 is 6.10. The van der Waals surface area contributed by atoms with Gasteiger partial charge in [-0.3, -0.25) is 9.59 Å². The summed E-state index contributed by atoms with van der Waals surface area (Å²) in [4.78, 5) is 29.2. The number of nitrogens with zero attached hydrogens (tertiary/aromatic N) is 1. The lowest BCUT2D eigenvalue weighted by atomic mass is 9.86. The summed E-state index contributed by atoms with van der Waals surface area (Å²) in [5, 5.41) is 3.98. The molecule has 5 nitrogen and oxygen atoms in total. The molecule has 3 rings (SSSR count). The fourth-order valence-electron chi connectivity index (χ4n) is 4.27. The molecule has 1 atom stereocenters. The van der Waals surface area contributed by atoms with Gasteiger partial charge in [0.25, 0.3) is 5.91 Å². The molecule has 1 N–H and O–H groups in total. The number of hydrogen-bond acceptors (Lipinski definition) is 3. The van der Waals surface area contributed by atoms with Crippen molar-refractivity contribution in [1.29, 1.82) is 0 Å². The van der Waals surface area contributed by atoms with Gasteiger partial charge in [0, 0.05) is 28.5 Å². The molecule has 208 valence electrons. The number of amides is 2. The van der Waals surface area contributed by atoms with Crippen LogP contribution in [-0.4, -0.2) is 34.9 Å². The van der Waals surface area contributed by atoms with E-state index in [0.29, 0.717) is 27.8 Å². The zero-order valence-corrected chi connectivity index (χ0v) is 25.1. The van der Waals surface area contributed by atoms with E-state index in [-0.39, 0.29) is 30.4 Å². The second-order valence-corrected chi connectivity index (χ2v) is 12.6. The standard InChI is InChI=1S/C32H38Cl2N2O3/c1-31(2,3)25-14-10-11-15-28(25)39-21-29(37)36(20-23-16-17-24(33)19-26(23)34)27(30(38)35-32(4,5)6)18-22-12-8-7-9-13-22/h7-17,19,27H,18,20-21H2,1-6H3,(H,35,38)/t27-/m0/s1. The van der Waals surface area contributed by atoms with Crippen molar-refractivity contribution in [3.63, 3.8) is 0 Å². The van der Waals surface area contributed by atoms with E-state index in [1.54, 1.807) is 23.1 Å². The van der Waals surface area contributed by atoms with Gasteiger partial charge in [-0.2, -0.15) is 0 Å².